The zero-order valence-electron chi connectivity index (χ0n) is 13.5. The second kappa shape index (κ2) is 6.01. The smallest absolute Gasteiger partial charge is 0.262 e. The van der Waals surface area contributed by atoms with Crippen molar-refractivity contribution >= 4 is 15.7 Å². The minimum Gasteiger partial charge on any atom is -0.496 e. The van der Waals surface area contributed by atoms with Crippen LogP contribution in [0.1, 0.15) is 22.3 Å². The van der Waals surface area contributed by atoms with Gasteiger partial charge in [-0.1, -0.05) is 6.07 Å². The van der Waals surface area contributed by atoms with Crippen LogP contribution in [0.4, 0.5) is 5.69 Å². The average molecular weight is 319 g/mol. The maximum atomic E-state index is 12.6. The summed E-state index contributed by atoms with van der Waals surface area (Å²) >= 11 is 0. The second-order valence-corrected chi connectivity index (χ2v) is 7.22. The van der Waals surface area contributed by atoms with E-state index in [-0.39, 0.29) is 4.90 Å². The van der Waals surface area contributed by atoms with E-state index >= 15 is 0 Å². The quantitative estimate of drug-likeness (QED) is 0.934. The van der Waals surface area contributed by atoms with E-state index < -0.39 is 10.0 Å². The van der Waals surface area contributed by atoms with Crippen molar-refractivity contribution in [2.75, 3.05) is 11.8 Å². The van der Waals surface area contributed by atoms with Crippen molar-refractivity contribution < 1.29 is 13.2 Å². The highest BCUT2D eigenvalue weighted by atomic mass is 32.2. The summed E-state index contributed by atoms with van der Waals surface area (Å²) in [5, 5.41) is 0. The monoisotopic (exact) mass is 319 g/mol. The second-order valence-electron chi connectivity index (χ2n) is 5.57. The predicted molar refractivity (Wildman–Crippen MR) is 89.2 cm³/mol. The van der Waals surface area contributed by atoms with E-state index in [2.05, 4.69) is 4.72 Å². The number of aryl methyl sites for hydroxylation is 4. The van der Waals surface area contributed by atoms with E-state index in [0.29, 0.717) is 17.0 Å². The Morgan fingerprint density at radius 2 is 1.45 bits per heavy atom. The van der Waals surface area contributed by atoms with Gasteiger partial charge in [0.15, 0.2) is 0 Å². The highest BCUT2D eigenvalue weighted by Gasteiger charge is 2.19. The van der Waals surface area contributed by atoms with Crippen molar-refractivity contribution in [3.05, 3.63) is 52.6 Å². The molecule has 2 aromatic rings. The summed E-state index contributed by atoms with van der Waals surface area (Å²) in [5.41, 5.74) is 4.04. The van der Waals surface area contributed by atoms with Gasteiger partial charge in [0.2, 0.25) is 0 Å². The zero-order chi connectivity index (χ0) is 16.5. The fourth-order valence-electron chi connectivity index (χ4n) is 2.52. The first-order valence-electron chi connectivity index (χ1n) is 6.99. The highest BCUT2D eigenvalue weighted by molar-refractivity contribution is 7.92. The van der Waals surface area contributed by atoms with Crippen LogP contribution in [0.25, 0.3) is 0 Å². The van der Waals surface area contributed by atoms with Crippen LogP contribution in [0.15, 0.2) is 35.2 Å². The molecule has 0 heterocycles. The van der Waals surface area contributed by atoms with Gasteiger partial charge in [0.25, 0.3) is 10.0 Å². The molecule has 0 aliphatic heterocycles. The van der Waals surface area contributed by atoms with Crippen molar-refractivity contribution in [3.63, 3.8) is 0 Å². The molecule has 0 aliphatic carbocycles. The Morgan fingerprint density at radius 1 is 0.864 bits per heavy atom. The van der Waals surface area contributed by atoms with E-state index in [4.69, 9.17) is 4.74 Å². The summed E-state index contributed by atoms with van der Waals surface area (Å²) in [6.07, 6.45) is 0. The summed E-state index contributed by atoms with van der Waals surface area (Å²) < 4.78 is 33.2. The molecule has 2 aromatic carbocycles. The molecule has 0 unspecified atom stereocenters. The lowest BCUT2D eigenvalue weighted by molar-refractivity contribution is 0.411. The molecule has 0 radical (unpaired) electrons. The number of hydrogen-bond acceptors (Lipinski definition) is 3. The van der Waals surface area contributed by atoms with Crippen LogP contribution >= 0.6 is 0 Å². The molecule has 0 aromatic heterocycles. The molecule has 5 heteroatoms. The maximum Gasteiger partial charge on any atom is 0.262 e. The minimum absolute atomic E-state index is 0.268. The number of methoxy groups -OCH3 is 1. The summed E-state index contributed by atoms with van der Waals surface area (Å²) in [7, 11) is -2.06. The SMILES string of the molecule is COc1cc(C)c(S(=O)(=O)Nc2cc(C)cc(C)c2)cc1C. The maximum absolute atomic E-state index is 12.6. The van der Waals surface area contributed by atoms with Gasteiger partial charge in [0.1, 0.15) is 5.75 Å². The summed E-state index contributed by atoms with van der Waals surface area (Å²) in [6, 6.07) is 9.01. The van der Waals surface area contributed by atoms with Gasteiger partial charge in [-0.2, -0.15) is 0 Å². The van der Waals surface area contributed by atoms with Gasteiger partial charge >= 0.3 is 0 Å². The van der Waals surface area contributed by atoms with Gasteiger partial charge in [-0.05, 0) is 74.2 Å². The fraction of sp³-hybridized carbons (Fsp3) is 0.294. The third-order valence-corrected chi connectivity index (χ3v) is 4.98. The van der Waals surface area contributed by atoms with Gasteiger partial charge in [0.05, 0.1) is 12.0 Å². The van der Waals surface area contributed by atoms with Crippen molar-refractivity contribution in [1.82, 2.24) is 0 Å². The van der Waals surface area contributed by atoms with Crippen molar-refractivity contribution in [2.45, 2.75) is 32.6 Å². The Labute approximate surface area is 132 Å². The molecular weight excluding hydrogens is 298 g/mol. The molecule has 0 spiro atoms. The summed E-state index contributed by atoms with van der Waals surface area (Å²) in [6.45, 7) is 7.47. The number of sulfonamides is 1. The normalized spacial score (nSPS) is 11.3. The Kier molecular flexibility index (Phi) is 4.47. The van der Waals surface area contributed by atoms with E-state index in [1.807, 2.05) is 39.0 Å². The van der Waals surface area contributed by atoms with E-state index in [0.717, 1.165) is 16.7 Å². The molecule has 0 amide bonds. The van der Waals surface area contributed by atoms with Crippen molar-refractivity contribution in [1.29, 1.82) is 0 Å². The molecule has 118 valence electrons. The van der Waals surface area contributed by atoms with Crippen LogP contribution in [0.2, 0.25) is 0 Å². The molecule has 0 atom stereocenters. The van der Waals surface area contributed by atoms with Crippen LogP contribution in [0, 0.1) is 27.7 Å². The molecule has 0 bridgehead atoms. The molecular formula is C17H21NO3S. The molecule has 0 aliphatic rings. The first-order chi connectivity index (χ1) is 10.2. The number of hydrogen-bond donors (Lipinski definition) is 1. The largest absolute Gasteiger partial charge is 0.496 e. The lowest BCUT2D eigenvalue weighted by Gasteiger charge is -2.14. The van der Waals surface area contributed by atoms with Crippen LogP contribution in [0.5, 0.6) is 5.75 Å². The number of benzene rings is 2. The molecule has 1 N–H and O–H groups in total. The molecule has 0 saturated heterocycles. The van der Waals surface area contributed by atoms with Crippen LogP contribution < -0.4 is 9.46 Å². The molecule has 0 fully saturated rings. The summed E-state index contributed by atoms with van der Waals surface area (Å²) in [4.78, 5) is 0.268. The van der Waals surface area contributed by atoms with E-state index in [1.54, 1.807) is 26.2 Å². The third-order valence-electron chi connectivity index (χ3n) is 3.46. The number of nitrogens with one attached hydrogen (secondary N) is 1. The lowest BCUT2D eigenvalue weighted by atomic mass is 10.1. The Morgan fingerprint density at radius 3 is 2.00 bits per heavy atom. The lowest BCUT2D eigenvalue weighted by Crippen LogP contribution is -2.15. The fourth-order valence-corrected chi connectivity index (χ4v) is 3.87. The number of anilines is 1. The average Bonchev–Trinajstić information content (AvgIpc) is 2.38. The van der Waals surface area contributed by atoms with Crippen LogP contribution in [-0.4, -0.2) is 15.5 Å². The van der Waals surface area contributed by atoms with Crippen molar-refractivity contribution in [3.8, 4) is 5.75 Å². The minimum atomic E-state index is -3.63. The Hall–Kier alpha value is -2.01. The van der Waals surface area contributed by atoms with Crippen molar-refractivity contribution in [2.24, 2.45) is 0 Å². The van der Waals surface area contributed by atoms with Crippen LogP contribution in [0.3, 0.4) is 0 Å². The van der Waals surface area contributed by atoms with Gasteiger partial charge < -0.3 is 4.74 Å². The topological polar surface area (TPSA) is 55.4 Å². The van der Waals surface area contributed by atoms with Gasteiger partial charge in [-0.25, -0.2) is 8.42 Å². The van der Waals surface area contributed by atoms with E-state index in [9.17, 15) is 8.42 Å². The van der Waals surface area contributed by atoms with Gasteiger partial charge in [-0.3, -0.25) is 4.72 Å². The van der Waals surface area contributed by atoms with Gasteiger partial charge in [-0.15, -0.1) is 0 Å². The zero-order valence-corrected chi connectivity index (χ0v) is 14.3. The Bertz CT molecular complexity index is 791. The molecule has 2 rings (SSSR count). The van der Waals surface area contributed by atoms with Crippen LogP contribution in [-0.2, 0) is 10.0 Å². The molecule has 0 saturated carbocycles. The first kappa shape index (κ1) is 16.4. The highest BCUT2D eigenvalue weighted by Crippen LogP contribution is 2.27. The Balaban J connectivity index is 2.44. The summed E-state index contributed by atoms with van der Waals surface area (Å²) in [5.74, 6) is 0.683. The number of rotatable bonds is 4. The third kappa shape index (κ3) is 3.42. The number of ether oxygens (including phenoxy) is 1. The molecule has 22 heavy (non-hydrogen) atoms. The molecule has 4 nitrogen and oxygen atoms in total. The van der Waals surface area contributed by atoms with E-state index in [1.165, 1.54) is 0 Å². The predicted octanol–water partition coefficient (Wildman–Crippen LogP) is 3.73. The first-order valence-corrected chi connectivity index (χ1v) is 8.47. The standard InChI is InChI=1S/C17H21NO3S/c1-11-6-12(2)8-15(7-11)18-22(19,20)17-10-13(3)16(21-5)9-14(17)4/h6-10,18H,1-5H3. The van der Waals surface area contributed by atoms with Gasteiger partial charge in [0, 0.05) is 5.69 Å².